The third-order valence-electron chi connectivity index (χ3n) is 4.02. The van der Waals surface area contributed by atoms with Crippen molar-refractivity contribution in [3.63, 3.8) is 0 Å². The molecule has 0 atom stereocenters. The lowest BCUT2D eigenvalue weighted by Gasteiger charge is -2.14. The Bertz CT molecular complexity index is 1110. The van der Waals surface area contributed by atoms with E-state index in [4.69, 9.17) is 9.47 Å². The maximum absolute atomic E-state index is 12.4. The zero-order chi connectivity index (χ0) is 21.7. The van der Waals surface area contributed by atoms with Crippen molar-refractivity contribution in [3.05, 3.63) is 69.3 Å². The maximum atomic E-state index is 12.4. The van der Waals surface area contributed by atoms with E-state index in [2.05, 4.69) is 15.8 Å². The summed E-state index contributed by atoms with van der Waals surface area (Å²) >= 11 is 1.47. The van der Waals surface area contributed by atoms with Crippen molar-refractivity contribution in [3.8, 4) is 22.1 Å². The fourth-order valence-electron chi connectivity index (χ4n) is 2.64. The summed E-state index contributed by atoms with van der Waals surface area (Å²) in [6.45, 7) is 3.76. The number of hydrazine groups is 1. The Labute approximate surface area is 176 Å². The van der Waals surface area contributed by atoms with E-state index < -0.39 is 17.4 Å². The first kappa shape index (κ1) is 21.1. The van der Waals surface area contributed by atoms with Gasteiger partial charge in [0.15, 0.2) is 11.5 Å². The highest BCUT2D eigenvalue weighted by atomic mass is 32.1. The smallest absolute Gasteiger partial charge is 0.275 e. The molecule has 3 rings (SSSR count). The van der Waals surface area contributed by atoms with Gasteiger partial charge in [-0.2, -0.15) is 0 Å². The second-order valence-electron chi connectivity index (χ2n) is 6.53. The van der Waals surface area contributed by atoms with Crippen molar-refractivity contribution in [2.45, 2.75) is 20.0 Å². The zero-order valence-corrected chi connectivity index (χ0v) is 17.5. The number of amides is 2. The third-order valence-corrected chi connectivity index (χ3v) is 4.92. The van der Waals surface area contributed by atoms with Crippen LogP contribution in [-0.4, -0.2) is 30.0 Å². The summed E-state index contributed by atoms with van der Waals surface area (Å²) in [7, 11) is 1.47. The van der Waals surface area contributed by atoms with Crippen molar-refractivity contribution in [1.29, 1.82) is 0 Å². The SMILES string of the molecule is COc1cc(C(=O)NNC(=O)c2ccc(-c3cccs3)[nH]c2=O)ccc1OC(C)C. The molecule has 3 N–H and O–H groups in total. The molecule has 0 unspecified atom stereocenters. The van der Waals surface area contributed by atoms with E-state index in [0.717, 1.165) is 4.88 Å². The molecule has 0 aliphatic carbocycles. The largest absolute Gasteiger partial charge is 0.493 e. The highest BCUT2D eigenvalue weighted by Crippen LogP contribution is 2.29. The molecule has 0 spiro atoms. The topological polar surface area (TPSA) is 110 Å². The number of carbonyl (C=O) groups is 2. The third kappa shape index (κ3) is 4.87. The van der Waals surface area contributed by atoms with Gasteiger partial charge in [-0.15, -0.1) is 11.3 Å². The molecule has 30 heavy (non-hydrogen) atoms. The number of aromatic nitrogens is 1. The highest BCUT2D eigenvalue weighted by molar-refractivity contribution is 7.13. The van der Waals surface area contributed by atoms with Crippen LogP contribution in [0.4, 0.5) is 0 Å². The second-order valence-corrected chi connectivity index (χ2v) is 7.48. The molecule has 156 valence electrons. The van der Waals surface area contributed by atoms with Gasteiger partial charge in [-0.05, 0) is 55.6 Å². The minimum Gasteiger partial charge on any atom is -0.493 e. The summed E-state index contributed by atoms with van der Waals surface area (Å²) in [5.41, 5.74) is 4.74. The number of nitrogens with one attached hydrogen (secondary N) is 3. The number of ether oxygens (including phenoxy) is 2. The number of carbonyl (C=O) groups excluding carboxylic acids is 2. The number of hydrogen-bond acceptors (Lipinski definition) is 6. The Kier molecular flexibility index (Phi) is 6.53. The van der Waals surface area contributed by atoms with Crippen LogP contribution in [0.2, 0.25) is 0 Å². The predicted octanol–water partition coefficient (Wildman–Crippen LogP) is 2.97. The molecule has 2 heterocycles. The van der Waals surface area contributed by atoms with Crippen molar-refractivity contribution in [2.75, 3.05) is 7.11 Å². The molecule has 8 nitrogen and oxygen atoms in total. The number of H-pyrrole nitrogens is 1. The zero-order valence-electron chi connectivity index (χ0n) is 16.6. The molecule has 0 fully saturated rings. The Hall–Kier alpha value is -3.59. The predicted molar refractivity (Wildman–Crippen MR) is 114 cm³/mol. The molecular formula is C21H21N3O5S. The maximum Gasteiger partial charge on any atom is 0.275 e. The monoisotopic (exact) mass is 427 g/mol. The Morgan fingerprint density at radius 1 is 1.03 bits per heavy atom. The average Bonchev–Trinajstić information content (AvgIpc) is 3.26. The van der Waals surface area contributed by atoms with E-state index in [1.54, 1.807) is 18.2 Å². The van der Waals surface area contributed by atoms with Gasteiger partial charge in [0.1, 0.15) is 5.56 Å². The molecule has 0 bridgehead atoms. The van der Waals surface area contributed by atoms with Crippen LogP contribution in [0.1, 0.15) is 34.6 Å². The molecule has 0 saturated heterocycles. The summed E-state index contributed by atoms with van der Waals surface area (Å²) in [6.07, 6.45) is -0.0536. The van der Waals surface area contributed by atoms with Crippen molar-refractivity contribution >= 4 is 23.2 Å². The lowest BCUT2D eigenvalue weighted by Crippen LogP contribution is -2.43. The number of rotatable bonds is 6. The van der Waals surface area contributed by atoms with Crippen LogP contribution >= 0.6 is 11.3 Å². The number of aromatic amines is 1. The first-order chi connectivity index (χ1) is 14.4. The van der Waals surface area contributed by atoms with Crippen LogP contribution in [0.25, 0.3) is 10.6 Å². The van der Waals surface area contributed by atoms with E-state index in [-0.39, 0.29) is 17.2 Å². The number of methoxy groups -OCH3 is 1. The van der Waals surface area contributed by atoms with Gasteiger partial charge in [0.2, 0.25) is 0 Å². The van der Waals surface area contributed by atoms with Gasteiger partial charge in [0.25, 0.3) is 17.4 Å². The number of thiophene rings is 1. The van der Waals surface area contributed by atoms with Gasteiger partial charge in [0.05, 0.1) is 23.8 Å². The molecular weight excluding hydrogens is 406 g/mol. The van der Waals surface area contributed by atoms with Crippen molar-refractivity contribution in [1.82, 2.24) is 15.8 Å². The van der Waals surface area contributed by atoms with Crippen LogP contribution in [-0.2, 0) is 0 Å². The highest BCUT2D eigenvalue weighted by Gasteiger charge is 2.15. The Balaban J connectivity index is 1.67. The average molecular weight is 427 g/mol. The summed E-state index contributed by atoms with van der Waals surface area (Å²) in [5.74, 6) is -0.396. The molecule has 0 aliphatic heterocycles. The molecule has 3 aromatic rings. The Morgan fingerprint density at radius 2 is 1.80 bits per heavy atom. The minimum absolute atomic E-state index is 0.0536. The van der Waals surface area contributed by atoms with E-state index >= 15 is 0 Å². The number of hydrogen-bond donors (Lipinski definition) is 3. The molecule has 0 aliphatic rings. The minimum atomic E-state index is -0.728. The molecule has 2 amide bonds. The van der Waals surface area contributed by atoms with Gasteiger partial charge in [-0.3, -0.25) is 25.2 Å². The molecule has 1 aromatic carbocycles. The first-order valence-electron chi connectivity index (χ1n) is 9.11. The van der Waals surface area contributed by atoms with Crippen molar-refractivity contribution < 1.29 is 19.1 Å². The summed E-state index contributed by atoms with van der Waals surface area (Å²) in [4.78, 5) is 40.5. The first-order valence-corrected chi connectivity index (χ1v) is 9.99. The number of pyridine rings is 1. The lowest BCUT2D eigenvalue weighted by atomic mass is 10.2. The summed E-state index contributed by atoms with van der Waals surface area (Å²) < 4.78 is 10.9. The molecule has 9 heteroatoms. The van der Waals surface area contributed by atoms with Crippen LogP contribution in [0.3, 0.4) is 0 Å². The van der Waals surface area contributed by atoms with E-state index in [0.29, 0.717) is 17.2 Å². The molecule has 2 aromatic heterocycles. The number of benzene rings is 1. The lowest BCUT2D eigenvalue weighted by molar-refractivity contribution is 0.0845. The molecule has 0 radical (unpaired) electrons. The summed E-state index contributed by atoms with van der Waals surface area (Å²) in [6, 6.07) is 11.4. The standard InChI is InChI=1S/C21H21N3O5S/c1-12(2)29-16-9-6-13(11-17(16)28-3)19(25)23-24-21(27)14-7-8-15(22-20(14)26)18-5-4-10-30-18/h4-12H,1-3H3,(H,22,26)(H,23,25)(H,24,27). The van der Waals surface area contributed by atoms with Crippen LogP contribution in [0.5, 0.6) is 11.5 Å². The van der Waals surface area contributed by atoms with Crippen LogP contribution in [0, 0.1) is 0 Å². The van der Waals surface area contributed by atoms with E-state index in [1.807, 2.05) is 31.4 Å². The van der Waals surface area contributed by atoms with E-state index in [9.17, 15) is 14.4 Å². The molecule has 0 saturated carbocycles. The fourth-order valence-corrected chi connectivity index (χ4v) is 3.35. The second kappa shape index (κ2) is 9.27. The van der Waals surface area contributed by atoms with Crippen molar-refractivity contribution in [2.24, 2.45) is 0 Å². The van der Waals surface area contributed by atoms with Gasteiger partial charge >= 0.3 is 0 Å². The quantitative estimate of drug-likeness (QED) is 0.524. The normalized spacial score (nSPS) is 10.5. The van der Waals surface area contributed by atoms with Gasteiger partial charge in [0, 0.05) is 5.56 Å². The van der Waals surface area contributed by atoms with Crippen LogP contribution < -0.4 is 25.9 Å². The van der Waals surface area contributed by atoms with Crippen LogP contribution in [0.15, 0.2) is 52.6 Å². The Morgan fingerprint density at radius 3 is 2.43 bits per heavy atom. The van der Waals surface area contributed by atoms with Gasteiger partial charge in [-0.25, -0.2) is 0 Å². The van der Waals surface area contributed by atoms with E-state index in [1.165, 1.54) is 30.6 Å². The summed E-state index contributed by atoms with van der Waals surface area (Å²) in [5, 5.41) is 1.89. The van der Waals surface area contributed by atoms with Gasteiger partial charge in [-0.1, -0.05) is 6.07 Å². The van der Waals surface area contributed by atoms with Gasteiger partial charge < -0.3 is 14.5 Å². The fraction of sp³-hybridized carbons (Fsp3) is 0.190.